The Hall–Kier alpha value is -4.67. The lowest BCUT2D eigenvalue weighted by Gasteiger charge is -1.97. The number of hydrogen-bond donors (Lipinski definition) is 0. The second-order valence-electron chi connectivity index (χ2n) is 6.26. The zero-order valence-electron chi connectivity index (χ0n) is 14.9. The summed E-state index contributed by atoms with van der Waals surface area (Å²) in [6.07, 6.45) is 0. The van der Waals surface area contributed by atoms with Crippen LogP contribution in [0.5, 0.6) is 0 Å². The Morgan fingerprint density at radius 2 is 1.13 bits per heavy atom. The summed E-state index contributed by atoms with van der Waals surface area (Å²) in [7, 11) is 0. The lowest BCUT2D eigenvalue weighted by atomic mass is 10.3. The molecule has 0 aliphatic heterocycles. The summed E-state index contributed by atoms with van der Waals surface area (Å²) >= 11 is 0. The molecule has 0 fully saturated rings. The molecule has 146 valence electrons. The average Bonchev–Trinajstić information content (AvgIpc) is 3.36. The highest BCUT2D eigenvalue weighted by molar-refractivity contribution is 5.79. The number of oxazole rings is 2. The van der Waals surface area contributed by atoms with Gasteiger partial charge < -0.3 is 8.83 Å². The SMILES string of the molecule is O=[N+]([O-])c1ccc2oc(-c3cccc(-c4nc5cc([N+](=O)[O-])ccc5o4)n3)nc2c1. The van der Waals surface area contributed by atoms with Gasteiger partial charge in [-0.25, -0.2) is 15.0 Å². The first-order valence-electron chi connectivity index (χ1n) is 8.56. The largest absolute Gasteiger partial charge is 0.435 e. The molecule has 11 nitrogen and oxygen atoms in total. The molecule has 0 bridgehead atoms. The number of non-ortho nitro benzene ring substituents is 2. The fourth-order valence-electron chi connectivity index (χ4n) is 2.95. The van der Waals surface area contributed by atoms with Crippen molar-refractivity contribution < 1.29 is 18.7 Å². The summed E-state index contributed by atoms with van der Waals surface area (Å²) < 4.78 is 11.3. The molecule has 0 amide bonds. The highest BCUT2D eigenvalue weighted by Crippen LogP contribution is 2.29. The van der Waals surface area contributed by atoms with Crippen LogP contribution in [0.15, 0.2) is 63.4 Å². The van der Waals surface area contributed by atoms with Crippen LogP contribution in [0, 0.1) is 20.2 Å². The van der Waals surface area contributed by atoms with E-state index < -0.39 is 9.85 Å². The smallest absolute Gasteiger partial charge is 0.271 e. The maximum absolute atomic E-state index is 10.9. The predicted molar refractivity (Wildman–Crippen MR) is 104 cm³/mol. The van der Waals surface area contributed by atoms with Crippen molar-refractivity contribution in [2.24, 2.45) is 0 Å². The standard InChI is InChI=1S/C19H9N5O6/c25-23(26)10-4-6-16-14(8-10)21-18(29-16)12-2-1-3-13(20-12)19-22-15-9-11(24(27)28)5-7-17(15)30-19/h1-9H. The van der Waals surface area contributed by atoms with Gasteiger partial charge in [-0.1, -0.05) is 6.07 Å². The van der Waals surface area contributed by atoms with Gasteiger partial charge >= 0.3 is 0 Å². The van der Waals surface area contributed by atoms with Gasteiger partial charge in [0.1, 0.15) is 22.4 Å². The summed E-state index contributed by atoms with van der Waals surface area (Å²) in [5, 5.41) is 21.9. The van der Waals surface area contributed by atoms with Gasteiger partial charge in [0, 0.05) is 24.3 Å². The molecule has 3 heterocycles. The molecule has 0 atom stereocenters. The third-order valence-electron chi connectivity index (χ3n) is 4.35. The number of nitro groups is 2. The number of hydrogen-bond acceptors (Lipinski definition) is 9. The molecule has 0 radical (unpaired) electrons. The van der Waals surface area contributed by atoms with E-state index in [-0.39, 0.29) is 23.2 Å². The van der Waals surface area contributed by atoms with Gasteiger partial charge in [-0.2, -0.15) is 0 Å². The molecular weight excluding hydrogens is 394 g/mol. The Kier molecular flexibility index (Phi) is 3.74. The number of rotatable bonds is 4. The van der Waals surface area contributed by atoms with Crippen molar-refractivity contribution in [2.75, 3.05) is 0 Å². The van der Waals surface area contributed by atoms with Gasteiger partial charge in [0.25, 0.3) is 11.4 Å². The molecule has 0 spiro atoms. The average molecular weight is 403 g/mol. The summed E-state index contributed by atoms with van der Waals surface area (Å²) in [4.78, 5) is 33.8. The van der Waals surface area contributed by atoms with Crippen molar-refractivity contribution in [2.45, 2.75) is 0 Å². The molecule has 3 aromatic heterocycles. The number of benzene rings is 2. The number of nitro benzene ring substituents is 2. The zero-order valence-corrected chi connectivity index (χ0v) is 14.9. The third kappa shape index (κ3) is 2.90. The van der Waals surface area contributed by atoms with E-state index in [1.54, 1.807) is 18.2 Å². The lowest BCUT2D eigenvalue weighted by molar-refractivity contribution is -0.384. The van der Waals surface area contributed by atoms with E-state index in [9.17, 15) is 20.2 Å². The first-order valence-corrected chi connectivity index (χ1v) is 8.56. The third-order valence-corrected chi connectivity index (χ3v) is 4.35. The number of nitrogens with zero attached hydrogens (tertiary/aromatic N) is 5. The second-order valence-corrected chi connectivity index (χ2v) is 6.26. The molecule has 11 heteroatoms. The minimum atomic E-state index is -0.510. The van der Waals surface area contributed by atoms with E-state index in [0.29, 0.717) is 33.6 Å². The Bertz CT molecular complexity index is 1360. The molecule has 0 saturated heterocycles. The second kappa shape index (κ2) is 6.44. The fraction of sp³-hybridized carbons (Fsp3) is 0. The van der Waals surface area contributed by atoms with Crippen LogP contribution in [0.3, 0.4) is 0 Å². The molecule has 0 N–H and O–H groups in total. The maximum Gasteiger partial charge on any atom is 0.271 e. The Morgan fingerprint density at radius 3 is 1.57 bits per heavy atom. The molecular formula is C19H9N5O6. The summed E-state index contributed by atoms with van der Waals surface area (Å²) in [5.41, 5.74) is 2.00. The summed E-state index contributed by atoms with van der Waals surface area (Å²) in [5.74, 6) is 0.359. The zero-order chi connectivity index (χ0) is 20.8. The van der Waals surface area contributed by atoms with Crippen LogP contribution in [0.2, 0.25) is 0 Å². The van der Waals surface area contributed by atoms with Gasteiger partial charge in [-0.3, -0.25) is 20.2 Å². The van der Waals surface area contributed by atoms with E-state index in [1.165, 1.54) is 36.4 Å². The van der Waals surface area contributed by atoms with E-state index >= 15 is 0 Å². The minimum Gasteiger partial charge on any atom is -0.435 e. The monoisotopic (exact) mass is 403 g/mol. The maximum atomic E-state index is 10.9. The van der Waals surface area contributed by atoms with E-state index in [1.807, 2.05) is 0 Å². The quantitative estimate of drug-likeness (QED) is 0.311. The molecule has 5 rings (SSSR count). The topological polar surface area (TPSA) is 151 Å². The fourth-order valence-corrected chi connectivity index (χ4v) is 2.95. The van der Waals surface area contributed by atoms with Crippen LogP contribution in [-0.4, -0.2) is 24.8 Å². The van der Waals surface area contributed by atoms with Crippen LogP contribution < -0.4 is 0 Å². The minimum absolute atomic E-state index is 0.0929. The number of pyridine rings is 1. The van der Waals surface area contributed by atoms with Crippen LogP contribution in [0.1, 0.15) is 0 Å². The summed E-state index contributed by atoms with van der Waals surface area (Å²) in [6, 6.07) is 13.3. The molecule has 0 saturated carbocycles. The van der Waals surface area contributed by atoms with Gasteiger partial charge in [0.05, 0.1) is 9.85 Å². The molecule has 0 aliphatic rings. The molecule has 2 aromatic carbocycles. The van der Waals surface area contributed by atoms with Crippen molar-refractivity contribution in [1.29, 1.82) is 0 Å². The molecule has 30 heavy (non-hydrogen) atoms. The Balaban J connectivity index is 1.55. The molecule has 0 unspecified atom stereocenters. The van der Waals surface area contributed by atoms with E-state index in [4.69, 9.17) is 8.83 Å². The molecule has 0 aliphatic carbocycles. The molecule has 5 aromatic rings. The predicted octanol–water partition coefficient (Wildman–Crippen LogP) is 4.51. The normalized spacial score (nSPS) is 11.2. The van der Waals surface area contributed by atoms with Crippen LogP contribution in [-0.2, 0) is 0 Å². The van der Waals surface area contributed by atoms with Crippen LogP contribution in [0.25, 0.3) is 45.4 Å². The van der Waals surface area contributed by atoms with Crippen molar-refractivity contribution >= 4 is 33.6 Å². The first-order chi connectivity index (χ1) is 14.5. The van der Waals surface area contributed by atoms with Crippen molar-refractivity contribution in [3.05, 3.63) is 74.8 Å². The van der Waals surface area contributed by atoms with Crippen LogP contribution >= 0.6 is 0 Å². The first kappa shape index (κ1) is 17.4. The van der Waals surface area contributed by atoms with Gasteiger partial charge in [0.15, 0.2) is 11.2 Å². The van der Waals surface area contributed by atoms with Gasteiger partial charge in [0.2, 0.25) is 11.8 Å². The van der Waals surface area contributed by atoms with Gasteiger partial charge in [-0.15, -0.1) is 0 Å². The van der Waals surface area contributed by atoms with Crippen LogP contribution in [0.4, 0.5) is 11.4 Å². The van der Waals surface area contributed by atoms with Gasteiger partial charge in [-0.05, 0) is 24.3 Å². The van der Waals surface area contributed by atoms with E-state index in [0.717, 1.165) is 0 Å². The highest BCUT2D eigenvalue weighted by atomic mass is 16.6. The summed E-state index contributed by atoms with van der Waals surface area (Å²) in [6.45, 7) is 0. The number of fused-ring (bicyclic) bond motifs is 2. The highest BCUT2D eigenvalue weighted by Gasteiger charge is 2.17. The Morgan fingerprint density at radius 1 is 0.667 bits per heavy atom. The van der Waals surface area contributed by atoms with E-state index in [2.05, 4.69) is 15.0 Å². The van der Waals surface area contributed by atoms with Crippen molar-refractivity contribution in [1.82, 2.24) is 15.0 Å². The Labute approximate surface area is 165 Å². The van der Waals surface area contributed by atoms with Crippen molar-refractivity contribution in [3.63, 3.8) is 0 Å². The van der Waals surface area contributed by atoms with Crippen molar-refractivity contribution in [3.8, 4) is 23.2 Å². The lowest BCUT2D eigenvalue weighted by Crippen LogP contribution is -1.88. The number of aromatic nitrogens is 3.